The number of aldehydes is 1. The van der Waals surface area contributed by atoms with Gasteiger partial charge in [0.15, 0.2) is 0 Å². The Kier molecular flexibility index (Phi) is 67.0. The number of nitrogens with one attached hydrogen (secondary N) is 1. The van der Waals surface area contributed by atoms with Crippen molar-refractivity contribution in [3.63, 3.8) is 0 Å². The molecular weight excluding hydrogens is 616 g/mol. The Balaban J connectivity index is -0.000000391. The van der Waals surface area contributed by atoms with E-state index in [2.05, 4.69) is 38.1 Å². The average molecular weight is 707 g/mol. The molecule has 0 aromatic carbocycles. The van der Waals surface area contributed by atoms with Gasteiger partial charge in [0, 0.05) is 33.4 Å². The number of rotatable bonds is 37. The molecule has 0 unspecified atom stereocenters. The minimum atomic E-state index is 0.369. The van der Waals surface area contributed by atoms with Gasteiger partial charge in [0.1, 0.15) is 13.1 Å². The van der Waals surface area contributed by atoms with Crippen LogP contribution in [-0.4, -0.2) is 80.1 Å². The van der Waals surface area contributed by atoms with Crippen LogP contribution in [0.25, 0.3) is 0 Å². The van der Waals surface area contributed by atoms with E-state index in [1.807, 2.05) is 0 Å². The fourth-order valence-corrected chi connectivity index (χ4v) is 5.26. The number of ether oxygens (including phenoxy) is 2. The van der Waals surface area contributed by atoms with Crippen LogP contribution in [0, 0.1) is 0 Å². The molecule has 0 fully saturated rings. The molecule has 0 heterocycles. The first-order valence-corrected chi connectivity index (χ1v) is 20.9. The Morgan fingerprint density at radius 3 is 1.24 bits per heavy atom. The Morgan fingerprint density at radius 2 is 0.857 bits per heavy atom. The number of hydrogen-bond donors (Lipinski definition) is 4. The molecule has 0 aromatic heterocycles. The fourth-order valence-electron chi connectivity index (χ4n) is 5.26. The van der Waals surface area contributed by atoms with E-state index in [1.54, 1.807) is 0 Å². The number of carbonyl (C=O) groups is 1. The van der Waals surface area contributed by atoms with Gasteiger partial charge < -0.3 is 29.7 Å². The summed E-state index contributed by atoms with van der Waals surface area (Å²) in [4.78, 5) is 12.6. The van der Waals surface area contributed by atoms with Gasteiger partial charge in [-0.2, -0.15) is 5.48 Å². The molecule has 0 bridgehead atoms. The molecule has 0 spiro atoms. The monoisotopic (exact) mass is 707 g/mol. The molecule has 49 heavy (non-hydrogen) atoms. The molecule has 8 heteroatoms. The van der Waals surface area contributed by atoms with Crippen molar-refractivity contribution in [3.8, 4) is 0 Å². The summed E-state index contributed by atoms with van der Waals surface area (Å²) in [6.45, 7) is 13.9. The fraction of sp³-hybridized carbons (Fsp3) is 0.976. The molecule has 0 aromatic rings. The number of aliphatic hydroxyl groups excluding tert-OH is 2. The lowest BCUT2D eigenvalue weighted by atomic mass is 10.1. The van der Waals surface area contributed by atoms with Crippen molar-refractivity contribution in [2.24, 2.45) is 0 Å². The summed E-state index contributed by atoms with van der Waals surface area (Å²) in [6.07, 6.45) is 35.8. The van der Waals surface area contributed by atoms with Crippen LogP contribution in [0.1, 0.15) is 207 Å². The van der Waals surface area contributed by atoms with Gasteiger partial charge in [0.05, 0.1) is 6.67 Å². The van der Waals surface area contributed by atoms with Crippen molar-refractivity contribution in [1.82, 2.24) is 10.4 Å². The van der Waals surface area contributed by atoms with Crippen LogP contribution in [0.2, 0.25) is 0 Å². The van der Waals surface area contributed by atoms with Gasteiger partial charge in [-0.25, -0.2) is 0 Å². The number of hydrogen-bond acceptors (Lipinski definition) is 8. The molecule has 300 valence electrons. The molecular formula is C41H90N2O6. The topological polar surface area (TPSA) is 111 Å². The Morgan fingerprint density at radius 1 is 0.510 bits per heavy atom. The molecule has 4 N–H and O–H groups in total. The largest absolute Gasteiger partial charge is 0.400 e. The lowest BCUT2D eigenvalue weighted by molar-refractivity contribution is -0.107. The summed E-state index contributed by atoms with van der Waals surface area (Å²) in [5.41, 5.74) is 2.28. The predicted octanol–water partition coefficient (Wildman–Crippen LogP) is 11.0. The van der Waals surface area contributed by atoms with Crippen LogP contribution >= 0.6 is 0 Å². The molecule has 0 amide bonds. The summed E-state index contributed by atoms with van der Waals surface area (Å²) in [5, 5.41) is 24.4. The number of hydroxylamine groups is 1. The summed E-state index contributed by atoms with van der Waals surface area (Å²) < 4.78 is 11.0. The van der Waals surface area contributed by atoms with Crippen LogP contribution in [0.3, 0.4) is 0 Å². The lowest BCUT2D eigenvalue weighted by Gasteiger charge is -2.21. The SMILES string of the molecule is CCCCCCCCC.CCCCCCCCCO.CCCCCCOCOCCCCCCCN(CCCCCCC=O)CNO.CO. The van der Waals surface area contributed by atoms with Crippen LogP contribution < -0.4 is 5.48 Å². The molecule has 0 aliphatic heterocycles. The average Bonchev–Trinajstić information content (AvgIpc) is 3.12. The Labute approximate surface area is 306 Å². The van der Waals surface area contributed by atoms with Gasteiger partial charge in [-0.05, 0) is 51.6 Å². The first-order chi connectivity index (χ1) is 24.2. The van der Waals surface area contributed by atoms with Gasteiger partial charge in [0.25, 0.3) is 0 Å². The quantitative estimate of drug-likeness (QED) is 0.0219. The van der Waals surface area contributed by atoms with Gasteiger partial charge >= 0.3 is 0 Å². The Bertz CT molecular complexity index is 502. The summed E-state index contributed by atoms with van der Waals surface area (Å²) in [6, 6.07) is 0. The highest BCUT2D eigenvalue weighted by molar-refractivity contribution is 5.48. The van der Waals surface area contributed by atoms with E-state index in [9.17, 15) is 4.79 Å². The molecule has 0 aliphatic rings. The minimum absolute atomic E-state index is 0.369. The van der Waals surface area contributed by atoms with E-state index in [4.69, 9.17) is 24.9 Å². The van der Waals surface area contributed by atoms with E-state index in [0.717, 1.165) is 91.1 Å². The van der Waals surface area contributed by atoms with E-state index in [1.165, 1.54) is 122 Å². The maximum Gasteiger partial charge on any atom is 0.146 e. The number of carbonyl (C=O) groups excluding carboxylic acids is 1. The molecule has 0 atom stereocenters. The first-order valence-electron chi connectivity index (χ1n) is 20.9. The van der Waals surface area contributed by atoms with Crippen LogP contribution in [0.15, 0.2) is 0 Å². The molecule has 0 saturated carbocycles. The predicted molar refractivity (Wildman–Crippen MR) is 211 cm³/mol. The van der Waals surface area contributed by atoms with Gasteiger partial charge in [-0.1, -0.05) is 163 Å². The lowest BCUT2D eigenvalue weighted by Crippen LogP contribution is -2.34. The number of nitrogens with zero attached hydrogens (tertiary/aromatic N) is 1. The van der Waals surface area contributed by atoms with Crippen LogP contribution in [-0.2, 0) is 14.3 Å². The maximum absolute atomic E-state index is 10.3. The van der Waals surface area contributed by atoms with Crippen molar-refractivity contribution in [2.45, 2.75) is 207 Å². The third-order valence-electron chi connectivity index (χ3n) is 8.38. The highest BCUT2D eigenvalue weighted by Crippen LogP contribution is 2.08. The second-order valence-electron chi connectivity index (χ2n) is 13.2. The molecule has 0 radical (unpaired) electrons. The smallest absolute Gasteiger partial charge is 0.146 e. The second kappa shape index (κ2) is 59.5. The second-order valence-corrected chi connectivity index (χ2v) is 13.2. The van der Waals surface area contributed by atoms with Gasteiger partial charge in [-0.3, -0.25) is 4.90 Å². The van der Waals surface area contributed by atoms with Crippen molar-refractivity contribution >= 4 is 6.29 Å². The van der Waals surface area contributed by atoms with Crippen molar-refractivity contribution in [2.75, 3.05) is 53.5 Å². The maximum atomic E-state index is 10.3. The zero-order valence-corrected chi connectivity index (χ0v) is 33.8. The van der Waals surface area contributed by atoms with E-state index < -0.39 is 0 Å². The highest BCUT2D eigenvalue weighted by atomic mass is 16.7. The molecule has 0 aliphatic carbocycles. The van der Waals surface area contributed by atoms with Gasteiger partial charge in [-0.15, -0.1) is 0 Å². The van der Waals surface area contributed by atoms with Gasteiger partial charge in [0.2, 0.25) is 0 Å². The van der Waals surface area contributed by atoms with E-state index in [0.29, 0.717) is 26.5 Å². The molecule has 0 saturated heterocycles. The highest BCUT2D eigenvalue weighted by Gasteiger charge is 2.04. The zero-order chi connectivity index (χ0) is 37.2. The normalized spacial score (nSPS) is 10.6. The summed E-state index contributed by atoms with van der Waals surface area (Å²) in [5.74, 6) is 0. The number of aliphatic hydroxyl groups is 2. The van der Waals surface area contributed by atoms with Crippen molar-refractivity contribution in [3.05, 3.63) is 0 Å². The zero-order valence-electron chi connectivity index (χ0n) is 33.8. The van der Waals surface area contributed by atoms with Crippen molar-refractivity contribution in [1.29, 1.82) is 0 Å². The summed E-state index contributed by atoms with van der Waals surface area (Å²) in [7, 11) is 1.00. The third kappa shape index (κ3) is 62.9. The van der Waals surface area contributed by atoms with Crippen LogP contribution in [0.4, 0.5) is 0 Å². The number of unbranched alkanes of at least 4 members (excludes halogenated alkanes) is 23. The van der Waals surface area contributed by atoms with Crippen LogP contribution in [0.5, 0.6) is 0 Å². The summed E-state index contributed by atoms with van der Waals surface area (Å²) >= 11 is 0. The minimum Gasteiger partial charge on any atom is -0.400 e. The molecule has 8 nitrogen and oxygen atoms in total. The van der Waals surface area contributed by atoms with E-state index >= 15 is 0 Å². The molecule has 0 rings (SSSR count). The Hall–Kier alpha value is -0.610. The standard InChI is InChI=1S/C22H46N2O4.C9H20O.C9H20.CH4O/c1-2-3-4-14-19-27-22-28-20-15-10-6-8-12-17-24(21-23-26)16-11-7-5-9-13-18-25;1-2-3-4-5-6-7-8-9-10;1-3-5-7-9-8-6-4-2;1-2/h18,23,26H,2-17,19-22H2,1H3;10H,2-9H2,1H3;3-9H2,1-2H3;2H,1H3. The van der Waals surface area contributed by atoms with E-state index in [-0.39, 0.29) is 0 Å². The first kappa shape index (κ1) is 55.2. The van der Waals surface area contributed by atoms with Crippen molar-refractivity contribution < 1.29 is 29.7 Å². The third-order valence-corrected chi connectivity index (χ3v) is 8.38.